The van der Waals surface area contributed by atoms with Crippen LogP contribution in [-0.2, 0) is 6.42 Å². The summed E-state index contributed by atoms with van der Waals surface area (Å²) in [4.78, 5) is 2.35. The highest BCUT2D eigenvalue weighted by molar-refractivity contribution is 5.11. The Bertz CT molecular complexity index is 344. The minimum atomic E-state index is 0.232. The number of rotatable bonds is 6. The van der Waals surface area contributed by atoms with Crippen molar-refractivity contribution in [2.75, 3.05) is 20.1 Å². The maximum atomic E-state index is 5.89. The van der Waals surface area contributed by atoms with Gasteiger partial charge >= 0.3 is 0 Å². The lowest BCUT2D eigenvalue weighted by Crippen LogP contribution is -2.35. The van der Waals surface area contributed by atoms with E-state index in [4.69, 9.17) is 10.2 Å². The average molecular weight is 236 g/mol. The molecule has 2 N–H and O–H groups in total. The topological polar surface area (TPSA) is 42.4 Å². The largest absolute Gasteiger partial charge is 0.464 e. The Morgan fingerprint density at radius 3 is 2.71 bits per heavy atom. The zero-order valence-corrected chi connectivity index (χ0v) is 11.0. The lowest BCUT2D eigenvalue weighted by Gasteiger charge is -2.33. The molecule has 1 unspecified atom stereocenters. The van der Waals surface area contributed by atoms with E-state index in [0.29, 0.717) is 6.54 Å². The molecular weight excluding hydrogens is 212 g/mol. The first-order chi connectivity index (χ1) is 8.24. The zero-order valence-electron chi connectivity index (χ0n) is 11.0. The summed E-state index contributed by atoms with van der Waals surface area (Å²) in [6.07, 6.45) is 5.09. The Balaban J connectivity index is 1.98. The number of hydrogen-bond acceptors (Lipinski definition) is 3. The van der Waals surface area contributed by atoms with Crippen LogP contribution in [0.5, 0.6) is 0 Å². The van der Waals surface area contributed by atoms with Crippen LogP contribution in [0.15, 0.2) is 16.5 Å². The summed E-state index contributed by atoms with van der Waals surface area (Å²) in [5, 5.41) is 0. The second kappa shape index (κ2) is 5.69. The van der Waals surface area contributed by atoms with Crippen LogP contribution in [0.25, 0.3) is 0 Å². The summed E-state index contributed by atoms with van der Waals surface area (Å²) in [6.45, 7) is 3.88. The van der Waals surface area contributed by atoms with Crippen molar-refractivity contribution in [2.24, 2.45) is 11.7 Å². The third-order valence-electron chi connectivity index (χ3n) is 3.89. The van der Waals surface area contributed by atoms with E-state index in [1.165, 1.54) is 19.3 Å². The summed E-state index contributed by atoms with van der Waals surface area (Å²) >= 11 is 0. The lowest BCUT2D eigenvalue weighted by molar-refractivity contribution is 0.150. The van der Waals surface area contributed by atoms with Gasteiger partial charge in [-0.05, 0) is 37.9 Å². The minimum absolute atomic E-state index is 0.232. The van der Waals surface area contributed by atoms with Crippen molar-refractivity contribution < 1.29 is 4.42 Å². The number of furan rings is 1. The summed E-state index contributed by atoms with van der Waals surface area (Å²) < 4.78 is 5.82. The van der Waals surface area contributed by atoms with Crippen LogP contribution in [-0.4, -0.2) is 25.0 Å². The molecule has 0 spiro atoms. The zero-order chi connectivity index (χ0) is 12.3. The fraction of sp³-hybridized carbons (Fsp3) is 0.714. The van der Waals surface area contributed by atoms with Gasteiger partial charge in [0.1, 0.15) is 11.5 Å². The van der Waals surface area contributed by atoms with E-state index < -0.39 is 0 Å². The smallest absolute Gasteiger partial charge is 0.122 e. The highest BCUT2D eigenvalue weighted by Gasteiger charge is 2.24. The summed E-state index contributed by atoms with van der Waals surface area (Å²) in [6, 6.07) is 4.37. The Kier molecular flexibility index (Phi) is 4.24. The molecule has 3 heteroatoms. The first-order valence-corrected chi connectivity index (χ1v) is 6.73. The molecule has 0 amide bonds. The molecule has 0 saturated heterocycles. The SMILES string of the molecule is CCc1ccc(C(CN)N(C)CC2CCC2)o1. The molecule has 1 atom stereocenters. The van der Waals surface area contributed by atoms with Crippen molar-refractivity contribution in [3.8, 4) is 0 Å². The quantitative estimate of drug-likeness (QED) is 0.825. The van der Waals surface area contributed by atoms with Crippen LogP contribution >= 0.6 is 0 Å². The van der Waals surface area contributed by atoms with E-state index >= 15 is 0 Å². The van der Waals surface area contributed by atoms with Gasteiger partial charge in [-0.15, -0.1) is 0 Å². The predicted molar refractivity (Wildman–Crippen MR) is 69.9 cm³/mol. The molecule has 0 bridgehead atoms. The Morgan fingerprint density at radius 1 is 1.47 bits per heavy atom. The molecule has 0 radical (unpaired) electrons. The van der Waals surface area contributed by atoms with E-state index in [9.17, 15) is 0 Å². The molecule has 1 aromatic heterocycles. The second-order valence-electron chi connectivity index (χ2n) is 5.15. The van der Waals surface area contributed by atoms with Gasteiger partial charge in [0.2, 0.25) is 0 Å². The van der Waals surface area contributed by atoms with Crippen LogP contribution in [0, 0.1) is 5.92 Å². The second-order valence-corrected chi connectivity index (χ2v) is 5.15. The van der Waals surface area contributed by atoms with Crippen molar-refractivity contribution >= 4 is 0 Å². The summed E-state index contributed by atoms with van der Waals surface area (Å²) in [5.41, 5.74) is 5.89. The van der Waals surface area contributed by atoms with Gasteiger partial charge in [0.25, 0.3) is 0 Å². The first-order valence-electron chi connectivity index (χ1n) is 6.73. The van der Waals surface area contributed by atoms with Crippen molar-refractivity contribution in [1.29, 1.82) is 0 Å². The molecule has 1 fully saturated rings. The van der Waals surface area contributed by atoms with Crippen molar-refractivity contribution in [3.63, 3.8) is 0 Å². The molecule has 1 saturated carbocycles. The Morgan fingerprint density at radius 2 is 2.24 bits per heavy atom. The summed E-state index contributed by atoms with van der Waals surface area (Å²) in [7, 11) is 2.16. The van der Waals surface area contributed by atoms with Crippen LogP contribution in [0.4, 0.5) is 0 Å². The van der Waals surface area contributed by atoms with Crippen molar-refractivity contribution in [3.05, 3.63) is 23.7 Å². The predicted octanol–water partition coefficient (Wildman–Crippen LogP) is 2.57. The molecule has 0 aromatic carbocycles. The van der Waals surface area contributed by atoms with Gasteiger partial charge in [-0.3, -0.25) is 4.90 Å². The molecule has 0 aliphatic heterocycles. The van der Waals surface area contributed by atoms with Gasteiger partial charge < -0.3 is 10.2 Å². The van der Waals surface area contributed by atoms with Gasteiger partial charge in [0.15, 0.2) is 0 Å². The monoisotopic (exact) mass is 236 g/mol. The molecule has 1 aromatic rings. The van der Waals surface area contributed by atoms with Gasteiger partial charge in [0, 0.05) is 19.5 Å². The van der Waals surface area contributed by atoms with Gasteiger partial charge in [-0.25, -0.2) is 0 Å². The molecule has 3 nitrogen and oxygen atoms in total. The highest BCUT2D eigenvalue weighted by Crippen LogP contribution is 2.30. The van der Waals surface area contributed by atoms with E-state index in [1.807, 2.05) is 0 Å². The number of nitrogens with zero attached hydrogens (tertiary/aromatic N) is 1. The molecule has 17 heavy (non-hydrogen) atoms. The number of aryl methyl sites for hydroxylation is 1. The third-order valence-corrected chi connectivity index (χ3v) is 3.89. The highest BCUT2D eigenvalue weighted by atomic mass is 16.3. The Labute approximate surface area is 104 Å². The van der Waals surface area contributed by atoms with Gasteiger partial charge in [-0.2, -0.15) is 0 Å². The molecule has 1 aliphatic carbocycles. The van der Waals surface area contributed by atoms with Gasteiger partial charge in [-0.1, -0.05) is 13.3 Å². The van der Waals surface area contributed by atoms with E-state index in [0.717, 1.165) is 30.4 Å². The van der Waals surface area contributed by atoms with E-state index in [2.05, 4.69) is 31.0 Å². The molecule has 96 valence electrons. The first kappa shape index (κ1) is 12.7. The van der Waals surface area contributed by atoms with Crippen LogP contribution in [0.3, 0.4) is 0 Å². The van der Waals surface area contributed by atoms with Crippen LogP contribution in [0.1, 0.15) is 43.7 Å². The normalized spacial score (nSPS) is 18.4. The van der Waals surface area contributed by atoms with Crippen molar-refractivity contribution in [2.45, 2.75) is 38.6 Å². The third kappa shape index (κ3) is 2.90. The number of likely N-dealkylation sites (N-methyl/N-ethyl adjacent to an activating group) is 1. The molecular formula is C14H24N2O. The number of nitrogens with two attached hydrogens (primary N) is 1. The van der Waals surface area contributed by atoms with Crippen LogP contribution < -0.4 is 5.73 Å². The Hall–Kier alpha value is -0.800. The maximum Gasteiger partial charge on any atom is 0.122 e. The number of hydrogen-bond donors (Lipinski definition) is 1. The standard InChI is InChI=1S/C14H24N2O/c1-3-12-7-8-14(17-12)13(9-15)16(2)10-11-5-4-6-11/h7-8,11,13H,3-6,9-10,15H2,1-2H3. The molecule has 2 rings (SSSR count). The molecule has 1 heterocycles. The van der Waals surface area contributed by atoms with E-state index in [-0.39, 0.29) is 6.04 Å². The fourth-order valence-corrected chi connectivity index (χ4v) is 2.49. The fourth-order valence-electron chi connectivity index (χ4n) is 2.49. The van der Waals surface area contributed by atoms with Crippen molar-refractivity contribution in [1.82, 2.24) is 4.90 Å². The van der Waals surface area contributed by atoms with E-state index in [1.54, 1.807) is 0 Å². The maximum absolute atomic E-state index is 5.89. The lowest BCUT2D eigenvalue weighted by atomic mass is 9.85. The average Bonchev–Trinajstić information content (AvgIpc) is 2.73. The van der Waals surface area contributed by atoms with Crippen LogP contribution in [0.2, 0.25) is 0 Å². The van der Waals surface area contributed by atoms with Gasteiger partial charge in [0.05, 0.1) is 6.04 Å². The summed E-state index contributed by atoms with van der Waals surface area (Å²) in [5.74, 6) is 2.94. The molecule has 1 aliphatic rings. The minimum Gasteiger partial charge on any atom is -0.464 e.